The Morgan fingerprint density at radius 2 is 1.79 bits per heavy atom. The number of aryl methyl sites for hydroxylation is 1. The van der Waals surface area contributed by atoms with Crippen LogP contribution in [0.3, 0.4) is 0 Å². The first-order valence-corrected chi connectivity index (χ1v) is 4.39. The van der Waals surface area contributed by atoms with Crippen molar-refractivity contribution in [3.8, 4) is 0 Å². The molecule has 0 radical (unpaired) electrons. The molecule has 0 aliphatic rings. The van der Waals surface area contributed by atoms with Crippen molar-refractivity contribution in [3.63, 3.8) is 0 Å². The topological polar surface area (TPSA) is 38.7 Å². The van der Waals surface area contributed by atoms with Gasteiger partial charge in [0.25, 0.3) is 0 Å². The van der Waals surface area contributed by atoms with Crippen molar-refractivity contribution >= 4 is 11.7 Å². The Balaban J connectivity index is 2.78. The highest BCUT2D eigenvalue weighted by Crippen LogP contribution is 2.04. The molecule has 3 heteroatoms. The number of hydrogen-bond donors (Lipinski definition) is 0. The third-order valence-electron chi connectivity index (χ3n) is 1.78. The van der Waals surface area contributed by atoms with Gasteiger partial charge in [0.1, 0.15) is 0 Å². The predicted molar refractivity (Wildman–Crippen MR) is 55.2 cm³/mol. The maximum atomic E-state index is 10.5. The molecule has 0 fully saturated rings. The van der Waals surface area contributed by atoms with Crippen LogP contribution in [0.1, 0.15) is 25.0 Å². The molecule has 0 saturated carbocycles. The van der Waals surface area contributed by atoms with E-state index in [4.69, 9.17) is 0 Å². The molecular formula is C11H13NO2. The van der Waals surface area contributed by atoms with E-state index in [1.807, 2.05) is 31.2 Å². The Labute approximate surface area is 83.4 Å². The van der Waals surface area contributed by atoms with Gasteiger partial charge in [0.15, 0.2) is 0 Å². The van der Waals surface area contributed by atoms with E-state index < -0.39 is 5.97 Å². The molecule has 74 valence electrons. The van der Waals surface area contributed by atoms with Gasteiger partial charge in [0, 0.05) is 6.92 Å². The van der Waals surface area contributed by atoms with Gasteiger partial charge in [-0.2, -0.15) is 0 Å². The number of carbonyl (C=O) groups is 1. The maximum absolute atomic E-state index is 10.5. The van der Waals surface area contributed by atoms with Gasteiger partial charge in [-0.3, -0.25) is 0 Å². The molecule has 14 heavy (non-hydrogen) atoms. The van der Waals surface area contributed by atoms with E-state index in [-0.39, 0.29) is 0 Å². The summed E-state index contributed by atoms with van der Waals surface area (Å²) in [6.07, 6.45) is 0. The van der Waals surface area contributed by atoms with Gasteiger partial charge < -0.3 is 4.84 Å². The van der Waals surface area contributed by atoms with E-state index in [1.165, 1.54) is 12.5 Å². The van der Waals surface area contributed by atoms with Crippen molar-refractivity contribution in [2.75, 3.05) is 0 Å². The monoisotopic (exact) mass is 191 g/mol. The molecule has 0 saturated heterocycles. The van der Waals surface area contributed by atoms with Crippen LogP contribution in [0.5, 0.6) is 0 Å². The van der Waals surface area contributed by atoms with Crippen molar-refractivity contribution in [2.45, 2.75) is 20.8 Å². The van der Waals surface area contributed by atoms with Crippen molar-refractivity contribution < 1.29 is 9.63 Å². The van der Waals surface area contributed by atoms with Crippen LogP contribution in [0.25, 0.3) is 0 Å². The molecule has 1 aromatic rings. The van der Waals surface area contributed by atoms with Crippen LogP contribution in [0.15, 0.2) is 29.4 Å². The van der Waals surface area contributed by atoms with Gasteiger partial charge in [-0.1, -0.05) is 35.0 Å². The molecule has 0 bridgehead atoms. The standard InChI is InChI=1S/C11H13NO2/c1-8-4-6-11(7-5-8)9(2)12-14-10(3)13/h4-7H,1-3H3/b12-9-. The van der Waals surface area contributed by atoms with Gasteiger partial charge in [-0.15, -0.1) is 0 Å². The van der Waals surface area contributed by atoms with E-state index in [0.29, 0.717) is 5.71 Å². The Morgan fingerprint density at radius 1 is 1.21 bits per heavy atom. The second-order valence-electron chi connectivity index (χ2n) is 3.13. The molecule has 0 amide bonds. The van der Waals surface area contributed by atoms with Crippen LogP contribution in [0.4, 0.5) is 0 Å². The van der Waals surface area contributed by atoms with Crippen molar-refractivity contribution in [1.29, 1.82) is 0 Å². The van der Waals surface area contributed by atoms with Crippen LogP contribution in [0, 0.1) is 6.92 Å². The average molecular weight is 191 g/mol. The van der Waals surface area contributed by atoms with Crippen LogP contribution < -0.4 is 0 Å². The number of oxime groups is 1. The Hall–Kier alpha value is -1.64. The lowest BCUT2D eigenvalue weighted by molar-refractivity contribution is -0.140. The summed E-state index contributed by atoms with van der Waals surface area (Å²) in [5.74, 6) is -0.406. The molecule has 1 aromatic carbocycles. The summed E-state index contributed by atoms with van der Waals surface area (Å²) in [7, 11) is 0. The number of nitrogens with zero attached hydrogens (tertiary/aromatic N) is 1. The average Bonchev–Trinajstić information content (AvgIpc) is 2.15. The second-order valence-corrected chi connectivity index (χ2v) is 3.13. The first-order valence-electron chi connectivity index (χ1n) is 4.39. The van der Waals surface area contributed by atoms with Crippen LogP contribution in [0.2, 0.25) is 0 Å². The molecular weight excluding hydrogens is 178 g/mol. The molecule has 0 aliphatic heterocycles. The maximum Gasteiger partial charge on any atom is 0.331 e. The molecule has 1 rings (SSSR count). The first kappa shape index (κ1) is 10.4. The number of rotatable bonds is 2. The molecule has 0 spiro atoms. The fraction of sp³-hybridized carbons (Fsp3) is 0.273. The highest BCUT2D eigenvalue weighted by atomic mass is 16.7. The van der Waals surface area contributed by atoms with Gasteiger partial charge in [-0.05, 0) is 19.4 Å². The van der Waals surface area contributed by atoms with Crippen LogP contribution in [-0.2, 0) is 9.63 Å². The van der Waals surface area contributed by atoms with E-state index in [9.17, 15) is 4.79 Å². The number of carbonyl (C=O) groups excluding carboxylic acids is 1. The SMILES string of the molecule is CC(=O)O/N=C(/C)c1ccc(C)cc1. The zero-order valence-electron chi connectivity index (χ0n) is 8.57. The van der Waals surface area contributed by atoms with Crippen LogP contribution in [-0.4, -0.2) is 11.7 Å². The molecule has 0 unspecified atom stereocenters. The third kappa shape index (κ3) is 3.01. The largest absolute Gasteiger partial charge is 0.331 e. The Morgan fingerprint density at radius 3 is 2.29 bits per heavy atom. The summed E-state index contributed by atoms with van der Waals surface area (Å²) in [6.45, 7) is 5.14. The summed E-state index contributed by atoms with van der Waals surface area (Å²) in [5.41, 5.74) is 2.84. The molecule has 0 heterocycles. The fourth-order valence-corrected chi connectivity index (χ4v) is 0.980. The Bertz CT molecular complexity index is 352. The van der Waals surface area contributed by atoms with Crippen molar-refractivity contribution in [2.24, 2.45) is 5.16 Å². The highest BCUT2D eigenvalue weighted by molar-refractivity contribution is 5.98. The van der Waals surface area contributed by atoms with Gasteiger partial charge >= 0.3 is 5.97 Å². The molecule has 0 aromatic heterocycles. The smallest absolute Gasteiger partial charge is 0.318 e. The predicted octanol–water partition coefficient (Wildman–Crippen LogP) is 2.28. The van der Waals surface area contributed by atoms with Crippen LogP contribution >= 0.6 is 0 Å². The molecule has 0 atom stereocenters. The summed E-state index contributed by atoms with van der Waals surface area (Å²) >= 11 is 0. The van der Waals surface area contributed by atoms with Gasteiger partial charge in [0.2, 0.25) is 0 Å². The minimum atomic E-state index is -0.406. The van der Waals surface area contributed by atoms with E-state index >= 15 is 0 Å². The minimum absolute atomic E-state index is 0.406. The van der Waals surface area contributed by atoms with E-state index in [2.05, 4.69) is 9.99 Å². The van der Waals surface area contributed by atoms with Crippen molar-refractivity contribution in [3.05, 3.63) is 35.4 Å². The lowest BCUT2D eigenvalue weighted by Crippen LogP contribution is -1.99. The Kier molecular flexibility index (Phi) is 3.40. The third-order valence-corrected chi connectivity index (χ3v) is 1.78. The van der Waals surface area contributed by atoms with Gasteiger partial charge in [0.05, 0.1) is 5.71 Å². The summed E-state index contributed by atoms with van der Waals surface area (Å²) in [4.78, 5) is 15.0. The minimum Gasteiger partial charge on any atom is -0.318 e. The van der Waals surface area contributed by atoms with Crippen molar-refractivity contribution in [1.82, 2.24) is 0 Å². The zero-order valence-corrected chi connectivity index (χ0v) is 8.57. The van der Waals surface area contributed by atoms with E-state index in [0.717, 1.165) is 5.56 Å². The normalized spacial score (nSPS) is 11.2. The second kappa shape index (κ2) is 4.56. The molecule has 3 nitrogen and oxygen atoms in total. The number of hydrogen-bond acceptors (Lipinski definition) is 3. The summed E-state index contributed by atoms with van der Waals surface area (Å²) < 4.78 is 0. The molecule has 0 N–H and O–H groups in total. The lowest BCUT2D eigenvalue weighted by atomic mass is 10.1. The quantitative estimate of drug-likeness (QED) is 0.408. The lowest BCUT2D eigenvalue weighted by Gasteiger charge is -1.99. The highest BCUT2D eigenvalue weighted by Gasteiger charge is 1.98. The fourth-order valence-electron chi connectivity index (χ4n) is 0.980. The summed E-state index contributed by atoms with van der Waals surface area (Å²) in [6, 6.07) is 7.86. The number of benzene rings is 1. The summed E-state index contributed by atoms with van der Waals surface area (Å²) in [5, 5.41) is 3.69. The first-order chi connectivity index (χ1) is 6.59. The van der Waals surface area contributed by atoms with E-state index in [1.54, 1.807) is 6.92 Å². The zero-order chi connectivity index (χ0) is 10.6. The molecule has 0 aliphatic carbocycles. The van der Waals surface area contributed by atoms with Gasteiger partial charge in [-0.25, -0.2) is 4.79 Å².